The summed E-state index contributed by atoms with van der Waals surface area (Å²) in [5.74, 6) is -1.15. The van der Waals surface area contributed by atoms with E-state index in [1.54, 1.807) is 6.07 Å². The monoisotopic (exact) mass is 284 g/mol. The standard InChI is InChI=1S/C12H16N2O4S/c1-19(17,18)13-11-5-4-9(8-10(11)12(15)16)14-6-2-3-7-14/h4-5,8,13H,2-3,6-7H2,1H3,(H,15,16). The Hall–Kier alpha value is -1.76. The van der Waals surface area contributed by atoms with Crippen LogP contribution in [0.25, 0.3) is 0 Å². The van der Waals surface area contributed by atoms with E-state index in [9.17, 15) is 18.3 Å². The van der Waals surface area contributed by atoms with Crippen LogP contribution in [0.1, 0.15) is 23.2 Å². The molecule has 0 atom stereocenters. The molecular weight excluding hydrogens is 268 g/mol. The maximum Gasteiger partial charge on any atom is 0.337 e. The minimum atomic E-state index is -3.49. The minimum Gasteiger partial charge on any atom is -0.478 e. The largest absolute Gasteiger partial charge is 0.478 e. The summed E-state index contributed by atoms with van der Waals surface area (Å²) in [6.45, 7) is 1.80. The van der Waals surface area contributed by atoms with Crippen LogP contribution < -0.4 is 9.62 Å². The molecule has 1 aliphatic heterocycles. The zero-order valence-corrected chi connectivity index (χ0v) is 11.4. The number of nitrogens with zero attached hydrogens (tertiary/aromatic N) is 1. The van der Waals surface area contributed by atoms with Crippen molar-refractivity contribution in [1.29, 1.82) is 0 Å². The molecule has 0 saturated carbocycles. The third-order valence-corrected chi connectivity index (χ3v) is 3.59. The van der Waals surface area contributed by atoms with Crippen molar-refractivity contribution >= 4 is 27.4 Å². The number of nitrogens with one attached hydrogen (secondary N) is 1. The fourth-order valence-corrected chi connectivity index (χ4v) is 2.75. The Morgan fingerprint density at radius 3 is 2.47 bits per heavy atom. The Morgan fingerprint density at radius 2 is 1.95 bits per heavy atom. The topological polar surface area (TPSA) is 86.7 Å². The molecule has 0 aliphatic carbocycles. The second-order valence-corrected chi connectivity index (χ2v) is 6.35. The van der Waals surface area contributed by atoms with Crippen LogP contribution in [0.3, 0.4) is 0 Å². The first-order valence-electron chi connectivity index (χ1n) is 5.97. The molecule has 1 saturated heterocycles. The summed E-state index contributed by atoms with van der Waals surface area (Å²) < 4.78 is 24.6. The predicted octanol–water partition coefficient (Wildman–Crippen LogP) is 1.36. The van der Waals surface area contributed by atoms with Gasteiger partial charge in [0.25, 0.3) is 0 Å². The van der Waals surface area contributed by atoms with E-state index < -0.39 is 16.0 Å². The van der Waals surface area contributed by atoms with Crippen LogP contribution in [0.15, 0.2) is 18.2 Å². The van der Waals surface area contributed by atoms with Crippen LogP contribution in [0.4, 0.5) is 11.4 Å². The van der Waals surface area contributed by atoms with E-state index in [0.29, 0.717) is 0 Å². The molecular formula is C12H16N2O4S. The lowest BCUT2D eigenvalue weighted by atomic mass is 10.1. The lowest BCUT2D eigenvalue weighted by Gasteiger charge is -2.19. The summed E-state index contributed by atoms with van der Waals surface area (Å²) in [6.07, 6.45) is 3.17. The zero-order valence-electron chi connectivity index (χ0n) is 10.6. The number of hydrogen-bond donors (Lipinski definition) is 2. The normalized spacial score (nSPS) is 15.5. The molecule has 1 aliphatic rings. The van der Waals surface area contributed by atoms with Gasteiger partial charge >= 0.3 is 5.97 Å². The number of aromatic carboxylic acids is 1. The molecule has 0 aromatic heterocycles. The molecule has 0 bridgehead atoms. The van der Waals surface area contributed by atoms with Crippen LogP contribution in [0, 0.1) is 0 Å². The van der Waals surface area contributed by atoms with Gasteiger partial charge in [-0.1, -0.05) is 0 Å². The van der Waals surface area contributed by atoms with Gasteiger partial charge in [-0.05, 0) is 31.0 Å². The van der Waals surface area contributed by atoms with Gasteiger partial charge in [0.05, 0.1) is 17.5 Å². The zero-order chi connectivity index (χ0) is 14.0. The van der Waals surface area contributed by atoms with Gasteiger partial charge in [-0.2, -0.15) is 0 Å². The van der Waals surface area contributed by atoms with Gasteiger partial charge in [-0.15, -0.1) is 0 Å². The summed E-state index contributed by atoms with van der Waals surface area (Å²) in [5, 5.41) is 9.18. The quantitative estimate of drug-likeness (QED) is 0.871. The van der Waals surface area contributed by atoms with Crippen molar-refractivity contribution in [3.8, 4) is 0 Å². The fraction of sp³-hybridized carbons (Fsp3) is 0.417. The smallest absolute Gasteiger partial charge is 0.337 e. The third-order valence-electron chi connectivity index (χ3n) is 3.00. The number of benzene rings is 1. The van der Waals surface area contributed by atoms with Crippen molar-refractivity contribution in [2.45, 2.75) is 12.8 Å². The number of sulfonamides is 1. The summed E-state index contributed by atoms with van der Waals surface area (Å²) in [5.41, 5.74) is 0.877. The SMILES string of the molecule is CS(=O)(=O)Nc1ccc(N2CCCC2)cc1C(=O)O. The van der Waals surface area contributed by atoms with Crippen molar-refractivity contribution in [3.63, 3.8) is 0 Å². The molecule has 6 nitrogen and oxygen atoms in total. The maximum atomic E-state index is 11.2. The highest BCUT2D eigenvalue weighted by Gasteiger charge is 2.18. The van der Waals surface area contributed by atoms with Gasteiger partial charge in [0.1, 0.15) is 0 Å². The van der Waals surface area contributed by atoms with Crippen LogP contribution in [0.2, 0.25) is 0 Å². The minimum absolute atomic E-state index is 0.0326. The highest BCUT2D eigenvalue weighted by Crippen LogP contribution is 2.26. The van der Waals surface area contributed by atoms with Gasteiger partial charge in [0.15, 0.2) is 0 Å². The second-order valence-electron chi connectivity index (χ2n) is 4.60. The molecule has 1 fully saturated rings. The van der Waals surface area contributed by atoms with Crippen molar-refractivity contribution in [1.82, 2.24) is 0 Å². The van der Waals surface area contributed by atoms with Crippen LogP contribution in [0.5, 0.6) is 0 Å². The summed E-state index contributed by atoms with van der Waals surface area (Å²) in [7, 11) is -3.49. The van der Waals surface area contributed by atoms with Crippen LogP contribution >= 0.6 is 0 Å². The molecule has 2 rings (SSSR count). The Bertz CT molecular complexity index is 592. The molecule has 1 aromatic carbocycles. The average molecular weight is 284 g/mol. The molecule has 0 radical (unpaired) electrons. The highest BCUT2D eigenvalue weighted by atomic mass is 32.2. The second kappa shape index (κ2) is 5.08. The first kappa shape index (κ1) is 13.7. The summed E-state index contributed by atoms with van der Waals surface area (Å²) >= 11 is 0. The molecule has 7 heteroatoms. The number of carbonyl (C=O) groups is 1. The van der Waals surface area contributed by atoms with Gasteiger partial charge in [0.2, 0.25) is 10.0 Å². The average Bonchev–Trinajstić information content (AvgIpc) is 2.80. The van der Waals surface area contributed by atoms with E-state index >= 15 is 0 Å². The first-order valence-corrected chi connectivity index (χ1v) is 7.86. The van der Waals surface area contributed by atoms with Crippen molar-refractivity contribution in [2.24, 2.45) is 0 Å². The molecule has 0 amide bonds. The Balaban J connectivity index is 2.37. The van der Waals surface area contributed by atoms with Gasteiger partial charge < -0.3 is 10.0 Å². The Labute approximate surface area is 112 Å². The maximum absolute atomic E-state index is 11.2. The number of carboxylic acid groups (broad SMARTS) is 1. The van der Waals surface area contributed by atoms with Crippen molar-refractivity contribution < 1.29 is 18.3 Å². The number of anilines is 2. The molecule has 104 valence electrons. The number of rotatable bonds is 4. The van der Waals surface area contributed by atoms with Gasteiger partial charge in [0, 0.05) is 18.8 Å². The highest BCUT2D eigenvalue weighted by molar-refractivity contribution is 7.92. The lowest BCUT2D eigenvalue weighted by molar-refractivity contribution is 0.0698. The lowest BCUT2D eigenvalue weighted by Crippen LogP contribution is -2.19. The third kappa shape index (κ3) is 3.37. The van der Waals surface area contributed by atoms with E-state index in [1.807, 2.05) is 0 Å². The first-order chi connectivity index (χ1) is 8.87. The van der Waals surface area contributed by atoms with E-state index in [-0.39, 0.29) is 11.3 Å². The van der Waals surface area contributed by atoms with Crippen molar-refractivity contribution in [2.75, 3.05) is 29.0 Å². The summed E-state index contributed by atoms with van der Waals surface area (Å²) in [6, 6.07) is 4.75. The molecule has 19 heavy (non-hydrogen) atoms. The van der Waals surface area contributed by atoms with Crippen LogP contribution in [-0.2, 0) is 10.0 Å². The van der Waals surface area contributed by atoms with E-state index in [4.69, 9.17) is 0 Å². The Kier molecular flexibility index (Phi) is 3.66. The molecule has 2 N–H and O–H groups in total. The Morgan fingerprint density at radius 1 is 1.32 bits per heavy atom. The molecule has 0 unspecified atom stereocenters. The molecule has 1 heterocycles. The summed E-state index contributed by atoms with van der Waals surface area (Å²) in [4.78, 5) is 13.3. The fourth-order valence-electron chi connectivity index (χ4n) is 2.17. The van der Waals surface area contributed by atoms with Crippen LogP contribution in [-0.4, -0.2) is 38.8 Å². The number of carboxylic acids is 1. The van der Waals surface area contributed by atoms with E-state index in [0.717, 1.165) is 37.9 Å². The predicted molar refractivity (Wildman–Crippen MR) is 73.3 cm³/mol. The van der Waals surface area contributed by atoms with E-state index in [1.165, 1.54) is 12.1 Å². The van der Waals surface area contributed by atoms with Gasteiger partial charge in [-0.25, -0.2) is 13.2 Å². The number of hydrogen-bond acceptors (Lipinski definition) is 4. The molecule has 1 aromatic rings. The van der Waals surface area contributed by atoms with E-state index in [2.05, 4.69) is 9.62 Å². The molecule has 0 spiro atoms. The van der Waals surface area contributed by atoms with Crippen molar-refractivity contribution in [3.05, 3.63) is 23.8 Å². The van der Waals surface area contributed by atoms with Gasteiger partial charge in [-0.3, -0.25) is 4.72 Å².